The van der Waals surface area contributed by atoms with Crippen molar-refractivity contribution in [3.8, 4) is 0 Å². The van der Waals surface area contributed by atoms with Crippen LogP contribution >= 0.6 is 0 Å². The molecule has 0 aromatic heterocycles. The number of carbonyl (C=O) groups is 3. The van der Waals surface area contributed by atoms with E-state index >= 15 is 0 Å². The molecule has 26 heavy (non-hydrogen) atoms. The summed E-state index contributed by atoms with van der Waals surface area (Å²) in [6.45, 7) is 11.2. The van der Waals surface area contributed by atoms with Crippen LogP contribution in [0.25, 0.3) is 0 Å². The first-order chi connectivity index (χ1) is 11.9. The third kappa shape index (κ3) is 4.81. The summed E-state index contributed by atoms with van der Waals surface area (Å²) in [6.07, 6.45) is 1.36. The van der Waals surface area contributed by atoms with Crippen molar-refractivity contribution in [1.82, 2.24) is 0 Å². The zero-order chi connectivity index (χ0) is 20.2. The van der Waals surface area contributed by atoms with E-state index in [0.29, 0.717) is 25.2 Å². The van der Waals surface area contributed by atoms with Crippen molar-refractivity contribution in [2.45, 2.75) is 79.2 Å². The maximum Gasteiger partial charge on any atom is 0.189 e. The lowest BCUT2D eigenvalue weighted by Gasteiger charge is -2.38. The molecule has 1 aliphatic rings. The van der Waals surface area contributed by atoms with Crippen LogP contribution in [0.4, 0.5) is 0 Å². The van der Waals surface area contributed by atoms with Crippen LogP contribution in [0.1, 0.15) is 73.6 Å². The number of carbonyl (C=O) groups excluding carboxylic acids is 3. The molecule has 1 unspecified atom stereocenters. The molecule has 0 amide bonds. The Morgan fingerprint density at radius 3 is 2.08 bits per heavy atom. The highest BCUT2D eigenvalue weighted by atomic mass is 16.3. The molecular formula is C21H34O5. The van der Waals surface area contributed by atoms with Gasteiger partial charge in [-0.3, -0.25) is 14.4 Å². The molecule has 0 aromatic carbocycles. The van der Waals surface area contributed by atoms with E-state index in [1.165, 1.54) is 0 Å². The molecule has 5 nitrogen and oxygen atoms in total. The van der Waals surface area contributed by atoms with Gasteiger partial charge < -0.3 is 10.2 Å². The lowest BCUT2D eigenvalue weighted by molar-refractivity contribution is -0.152. The summed E-state index contributed by atoms with van der Waals surface area (Å²) >= 11 is 0. The predicted molar refractivity (Wildman–Crippen MR) is 101 cm³/mol. The van der Waals surface area contributed by atoms with E-state index in [0.717, 1.165) is 0 Å². The zero-order valence-corrected chi connectivity index (χ0v) is 17.0. The third-order valence-electron chi connectivity index (χ3n) is 5.12. The number of Topliss-reactive ketones (excluding diaryl/α,β-unsaturated/α-hetero) is 3. The average Bonchev–Trinajstić information content (AvgIpc) is 2.54. The Bertz CT molecular complexity index is 585. The summed E-state index contributed by atoms with van der Waals surface area (Å²) in [5.74, 6) is -2.78. The van der Waals surface area contributed by atoms with Gasteiger partial charge in [0.05, 0.1) is 5.92 Å². The van der Waals surface area contributed by atoms with E-state index in [9.17, 15) is 24.6 Å². The molecule has 1 aliphatic carbocycles. The second-order valence-corrected chi connectivity index (χ2v) is 8.64. The van der Waals surface area contributed by atoms with Crippen LogP contribution in [0, 0.1) is 23.7 Å². The van der Waals surface area contributed by atoms with E-state index in [1.54, 1.807) is 13.8 Å². The molecule has 0 radical (unpaired) electrons. The fourth-order valence-electron chi connectivity index (χ4n) is 3.37. The van der Waals surface area contributed by atoms with Gasteiger partial charge in [0.15, 0.2) is 17.2 Å². The van der Waals surface area contributed by atoms with Gasteiger partial charge >= 0.3 is 0 Å². The zero-order valence-electron chi connectivity index (χ0n) is 17.0. The number of rotatable bonds is 9. The number of allylic oxidation sites excluding steroid dienone is 1. The first-order valence-electron chi connectivity index (χ1n) is 9.68. The topological polar surface area (TPSA) is 91.7 Å². The van der Waals surface area contributed by atoms with E-state index in [2.05, 4.69) is 0 Å². The van der Waals surface area contributed by atoms with Crippen LogP contribution in [0.5, 0.6) is 0 Å². The minimum absolute atomic E-state index is 0.0623. The van der Waals surface area contributed by atoms with E-state index in [-0.39, 0.29) is 30.1 Å². The van der Waals surface area contributed by atoms with Crippen LogP contribution in [0.15, 0.2) is 11.3 Å². The van der Waals surface area contributed by atoms with Crippen LogP contribution in [-0.4, -0.2) is 33.2 Å². The Balaban J connectivity index is 3.37. The molecule has 5 heteroatoms. The van der Waals surface area contributed by atoms with Crippen LogP contribution < -0.4 is 0 Å². The third-order valence-corrected chi connectivity index (χ3v) is 5.12. The molecule has 2 atom stereocenters. The number of hydrogen-bond acceptors (Lipinski definition) is 5. The summed E-state index contributed by atoms with van der Waals surface area (Å²) < 4.78 is 0. The molecule has 0 bridgehead atoms. The fraction of sp³-hybridized carbons (Fsp3) is 0.762. The van der Waals surface area contributed by atoms with Gasteiger partial charge in [0.2, 0.25) is 0 Å². The van der Waals surface area contributed by atoms with Gasteiger partial charge in [0.1, 0.15) is 11.5 Å². The first-order valence-corrected chi connectivity index (χ1v) is 9.68. The maximum absolute atomic E-state index is 12.9. The molecule has 0 fully saturated rings. The van der Waals surface area contributed by atoms with Gasteiger partial charge in [-0.1, -0.05) is 48.0 Å². The average molecular weight is 366 g/mol. The van der Waals surface area contributed by atoms with Gasteiger partial charge in [-0.05, 0) is 24.7 Å². The monoisotopic (exact) mass is 366 g/mol. The van der Waals surface area contributed by atoms with Crippen molar-refractivity contribution in [3.63, 3.8) is 0 Å². The van der Waals surface area contributed by atoms with E-state index in [4.69, 9.17) is 0 Å². The standard InChI is InChI=1S/C21H34O5/c1-12(2)7-9-16-17(22)11-15(19(24)14(5)6)20(25)21(16,26)18(23)10-8-13(3)4/h12-14,16,25-26H,7-11H2,1-6H3/t16?,21-/m1/s1. The number of hydrogen-bond donors (Lipinski definition) is 2. The molecule has 0 aromatic rings. The van der Waals surface area contributed by atoms with Crippen molar-refractivity contribution < 1.29 is 24.6 Å². The molecule has 148 valence electrons. The molecule has 2 N–H and O–H groups in total. The van der Waals surface area contributed by atoms with E-state index in [1.807, 2.05) is 27.7 Å². The van der Waals surface area contributed by atoms with Gasteiger partial charge in [-0.2, -0.15) is 0 Å². The highest BCUT2D eigenvalue weighted by Gasteiger charge is 2.54. The van der Waals surface area contributed by atoms with Gasteiger partial charge in [-0.25, -0.2) is 0 Å². The minimum Gasteiger partial charge on any atom is -0.508 e. The Kier molecular flexibility index (Phi) is 7.75. The van der Waals surface area contributed by atoms with Crippen LogP contribution in [0.2, 0.25) is 0 Å². The van der Waals surface area contributed by atoms with E-state index < -0.39 is 34.8 Å². The summed E-state index contributed by atoms with van der Waals surface area (Å²) in [5, 5.41) is 22.0. The molecular weight excluding hydrogens is 332 g/mol. The SMILES string of the molecule is CC(C)CCC(=O)[C@@]1(O)C(O)=C(C(=O)C(C)C)CC(=O)C1CCC(C)C. The molecule has 0 spiro atoms. The highest BCUT2D eigenvalue weighted by molar-refractivity contribution is 6.08. The maximum atomic E-state index is 12.9. The van der Waals surface area contributed by atoms with Crippen molar-refractivity contribution >= 4 is 17.3 Å². The fourth-order valence-corrected chi connectivity index (χ4v) is 3.37. The second kappa shape index (κ2) is 8.94. The Labute approximate surface area is 156 Å². The smallest absolute Gasteiger partial charge is 0.189 e. The summed E-state index contributed by atoms with van der Waals surface area (Å²) in [5.41, 5.74) is -2.38. The summed E-state index contributed by atoms with van der Waals surface area (Å²) in [4.78, 5) is 38.0. The second-order valence-electron chi connectivity index (χ2n) is 8.64. The first kappa shape index (κ1) is 22.6. The number of ketones is 3. The van der Waals surface area contributed by atoms with Crippen molar-refractivity contribution in [3.05, 3.63) is 11.3 Å². The van der Waals surface area contributed by atoms with Crippen molar-refractivity contribution in [1.29, 1.82) is 0 Å². The van der Waals surface area contributed by atoms with Crippen LogP contribution in [0.3, 0.4) is 0 Å². The Morgan fingerprint density at radius 2 is 1.62 bits per heavy atom. The predicted octanol–water partition coefficient (Wildman–Crippen LogP) is 3.79. The molecule has 0 saturated heterocycles. The number of aliphatic hydroxyl groups excluding tert-OH is 1. The lowest BCUT2D eigenvalue weighted by atomic mass is 9.68. The quantitative estimate of drug-likeness (QED) is 0.648. The molecule has 0 heterocycles. The number of aliphatic hydroxyl groups is 2. The highest BCUT2D eigenvalue weighted by Crippen LogP contribution is 2.40. The summed E-state index contributed by atoms with van der Waals surface area (Å²) in [7, 11) is 0. The van der Waals surface area contributed by atoms with Crippen molar-refractivity contribution in [2.24, 2.45) is 23.7 Å². The molecule has 1 rings (SSSR count). The lowest BCUT2D eigenvalue weighted by Crippen LogP contribution is -2.54. The molecule has 0 saturated carbocycles. The summed E-state index contributed by atoms with van der Waals surface area (Å²) in [6, 6.07) is 0. The minimum atomic E-state index is -2.28. The van der Waals surface area contributed by atoms with Crippen LogP contribution in [-0.2, 0) is 14.4 Å². The normalized spacial score (nSPS) is 24.1. The van der Waals surface area contributed by atoms with Gasteiger partial charge in [0.25, 0.3) is 0 Å². The Hall–Kier alpha value is -1.49. The van der Waals surface area contributed by atoms with Gasteiger partial charge in [-0.15, -0.1) is 0 Å². The van der Waals surface area contributed by atoms with Gasteiger partial charge in [0, 0.05) is 24.3 Å². The molecule has 0 aliphatic heterocycles. The van der Waals surface area contributed by atoms with Crippen molar-refractivity contribution in [2.75, 3.05) is 0 Å². The largest absolute Gasteiger partial charge is 0.508 e. The Morgan fingerprint density at radius 1 is 1.08 bits per heavy atom.